The molecule has 84 valence electrons. The van der Waals surface area contributed by atoms with E-state index in [0.717, 1.165) is 0 Å². The monoisotopic (exact) mass is 249 g/mol. The molecule has 0 spiro atoms. The molecule has 3 heteroatoms. The van der Waals surface area contributed by atoms with Crippen LogP contribution in [0.3, 0.4) is 0 Å². The molecular weight excluding hydrogens is 234 g/mol. The van der Waals surface area contributed by atoms with Gasteiger partial charge in [0.2, 0.25) is 0 Å². The maximum Gasteiger partial charge on any atom is 0.0740 e. The molecular formula is C13H15NS2. The minimum Gasteiger partial charge on any atom is -0.319 e. The van der Waals surface area contributed by atoms with Gasteiger partial charge < -0.3 is 5.73 Å². The Morgan fingerprint density at radius 1 is 1.19 bits per heavy atom. The molecule has 0 saturated carbocycles. The fourth-order valence-corrected chi connectivity index (χ4v) is 4.37. The fraction of sp³-hybridized carbons (Fsp3) is 0.385. The average molecular weight is 249 g/mol. The molecule has 1 unspecified atom stereocenters. The molecule has 0 fully saturated rings. The Bertz CT molecular complexity index is 447. The highest BCUT2D eigenvalue weighted by Crippen LogP contribution is 2.35. The van der Waals surface area contributed by atoms with E-state index in [1.807, 2.05) is 11.3 Å². The lowest BCUT2D eigenvalue weighted by atomic mass is 9.99. The van der Waals surface area contributed by atoms with E-state index in [4.69, 9.17) is 5.73 Å². The second kappa shape index (κ2) is 4.32. The number of fused-ring (bicyclic) bond motifs is 1. The summed E-state index contributed by atoms with van der Waals surface area (Å²) in [5, 5.41) is 2.10. The second-order valence-corrected chi connectivity index (χ2v) is 6.44. The number of hydrogen-bond donors (Lipinski definition) is 1. The van der Waals surface area contributed by atoms with Crippen LogP contribution in [-0.2, 0) is 12.8 Å². The van der Waals surface area contributed by atoms with Gasteiger partial charge in [0.25, 0.3) is 0 Å². The van der Waals surface area contributed by atoms with Crippen molar-refractivity contribution in [1.82, 2.24) is 0 Å². The molecule has 1 atom stereocenters. The van der Waals surface area contributed by atoms with Crippen molar-refractivity contribution in [3.8, 4) is 0 Å². The smallest absolute Gasteiger partial charge is 0.0740 e. The van der Waals surface area contributed by atoms with Crippen molar-refractivity contribution < 1.29 is 0 Å². The fourth-order valence-electron chi connectivity index (χ4n) is 2.28. The van der Waals surface area contributed by atoms with Gasteiger partial charge in [-0.3, -0.25) is 0 Å². The van der Waals surface area contributed by atoms with Crippen LogP contribution in [0.5, 0.6) is 0 Å². The summed E-state index contributed by atoms with van der Waals surface area (Å²) in [6.45, 7) is 0. The molecule has 1 nitrogen and oxygen atoms in total. The maximum absolute atomic E-state index is 6.29. The zero-order valence-electron chi connectivity index (χ0n) is 9.11. The van der Waals surface area contributed by atoms with Gasteiger partial charge in [-0.1, -0.05) is 6.07 Å². The third-order valence-corrected chi connectivity index (χ3v) is 5.45. The molecule has 2 N–H and O–H groups in total. The van der Waals surface area contributed by atoms with E-state index >= 15 is 0 Å². The summed E-state index contributed by atoms with van der Waals surface area (Å²) in [5.74, 6) is 0. The van der Waals surface area contributed by atoms with Crippen molar-refractivity contribution in [2.45, 2.75) is 31.7 Å². The lowest BCUT2D eigenvalue weighted by Crippen LogP contribution is -2.07. The first-order valence-corrected chi connectivity index (χ1v) is 7.44. The SMILES string of the molecule is NC(c1cccs1)c1cc2c(s1)CCCC2. The number of aryl methyl sites for hydroxylation is 2. The van der Waals surface area contributed by atoms with Gasteiger partial charge in [0, 0.05) is 14.6 Å². The predicted molar refractivity (Wildman–Crippen MR) is 71.3 cm³/mol. The summed E-state index contributed by atoms with van der Waals surface area (Å²) in [6, 6.07) is 6.64. The quantitative estimate of drug-likeness (QED) is 0.862. The summed E-state index contributed by atoms with van der Waals surface area (Å²) in [4.78, 5) is 4.20. The lowest BCUT2D eigenvalue weighted by molar-refractivity contribution is 0.696. The van der Waals surface area contributed by atoms with Crippen LogP contribution in [0, 0.1) is 0 Å². The van der Waals surface area contributed by atoms with Crippen LogP contribution in [0.15, 0.2) is 23.6 Å². The Balaban J connectivity index is 1.92. The summed E-state index contributed by atoms with van der Waals surface area (Å²) in [5.41, 5.74) is 7.85. The Morgan fingerprint density at radius 2 is 2.06 bits per heavy atom. The molecule has 2 aromatic rings. The van der Waals surface area contributed by atoms with Crippen molar-refractivity contribution in [3.63, 3.8) is 0 Å². The highest BCUT2D eigenvalue weighted by molar-refractivity contribution is 7.13. The van der Waals surface area contributed by atoms with E-state index in [-0.39, 0.29) is 6.04 Å². The number of nitrogens with two attached hydrogens (primary N) is 1. The van der Waals surface area contributed by atoms with E-state index in [1.165, 1.54) is 35.4 Å². The lowest BCUT2D eigenvalue weighted by Gasteiger charge is -2.08. The maximum atomic E-state index is 6.29. The van der Waals surface area contributed by atoms with Crippen LogP contribution < -0.4 is 5.73 Å². The molecule has 1 aliphatic rings. The highest BCUT2D eigenvalue weighted by atomic mass is 32.1. The zero-order valence-corrected chi connectivity index (χ0v) is 10.7. The van der Waals surface area contributed by atoms with E-state index in [2.05, 4.69) is 23.6 Å². The molecule has 0 saturated heterocycles. The molecule has 0 amide bonds. The largest absolute Gasteiger partial charge is 0.319 e. The topological polar surface area (TPSA) is 26.0 Å². The second-order valence-electron chi connectivity index (χ2n) is 4.30. The van der Waals surface area contributed by atoms with Gasteiger partial charge in [-0.2, -0.15) is 0 Å². The van der Waals surface area contributed by atoms with Crippen LogP contribution in [-0.4, -0.2) is 0 Å². The number of hydrogen-bond acceptors (Lipinski definition) is 3. The van der Waals surface area contributed by atoms with Gasteiger partial charge in [0.1, 0.15) is 0 Å². The minimum absolute atomic E-state index is 0.0931. The Kier molecular flexibility index (Phi) is 2.84. The Morgan fingerprint density at radius 3 is 2.81 bits per heavy atom. The number of thiophene rings is 2. The molecule has 0 bridgehead atoms. The summed E-state index contributed by atoms with van der Waals surface area (Å²) in [6.07, 6.45) is 5.21. The van der Waals surface area contributed by atoms with Crippen LogP contribution in [0.4, 0.5) is 0 Å². The van der Waals surface area contributed by atoms with E-state index in [9.17, 15) is 0 Å². The van der Waals surface area contributed by atoms with E-state index in [1.54, 1.807) is 21.8 Å². The van der Waals surface area contributed by atoms with Crippen LogP contribution >= 0.6 is 22.7 Å². The summed E-state index contributed by atoms with van der Waals surface area (Å²) in [7, 11) is 0. The van der Waals surface area contributed by atoms with Gasteiger partial charge >= 0.3 is 0 Å². The van der Waals surface area contributed by atoms with Crippen LogP contribution in [0.2, 0.25) is 0 Å². The van der Waals surface area contributed by atoms with Gasteiger partial charge in [0.15, 0.2) is 0 Å². The third-order valence-electron chi connectivity index (χ3n) is 3.17. The number of rotatable bonds is 2. The first-order chi connectivity index (χ1) is 7.84. The van der Waals surface area contributed by atoms with Gasteiger partial charge in [-0.15, -0.1) is 22.7 Å². The molecule has 0 radical (unpaired) electrons. The summed E-state index contributed by atoms with van der Waals surface area (Å²) >= 11 is 3.68. The molecule has 1 aliphatic carbocycles. The zero-order chi connectivity index (χ0) is 11.0. The van der Waals surface area contributed by atoms with Crippen LogP contribution in [0.1, 0.15) is 39.1 Å². The molecule has 2 aromatic heterocycles. The Hall–Kier alpha value is -0.640. The van der Waals surface area contributed by atoms with Crippen molar-refractivity contribution in [2.24, 2.45) is 5.73 Å². The first-order valence-electron chi connectivity index (χ1n) is 5.75. The molecule has 0 aliphatic heterocycles. The van der Waals surface area contributed by atoms with E-state index in [0.29, 0.717) is 0 Å². The van der Waals surface area contributed by atoms with Crippen molar-refractivity contribution in [3.05, 3.63) is 43.8 Å². The predicted octanol–water partition coefficient (Wildman–Crippen LogP) is 3.74. The first kappa shape index (κ1) is 10.5. The molecule has 0 aromatic carbocycles. The highest BCUT2D eigenvalue weighted by Gasteiger charge is 2.18. The van der Waals surface area contributed by atoms with Crippen molar-refractivity contribution >= 4 is 22.7 Å². The van der Waals surface area contributed by atoms with Gasteiger partial charge in [-0.25, -0.2) is 0 Å². The van der Waals surface area contributed by atoms with E-state index < -0.39 is 0 Å². The standard InChI is InChI=1S/C13H15NS2/c14-13(11-6-3-7-15-11)12-8-9-4-1-2-5-10(9)16-12/h3,6-8,13H,1-2,4-5,14H2. The molecule has 3 rings (SSSR count). The van der Waals surface area contributed by atoms with Gasteiger partial charge in [-0.05, 0) is 48.8 Å². The minimum atomic E-state index is 0.0931. The van der Waals surface area contributed by atoms with Crippen molar-refractivity contribution in [1.29, 1.82) is 0 Å². The van der Waals surface area contributed by atoms with Gasteiger partial charge in [0.05, 0.1) is 6.04 Å². The molecule has 2 heterocycles. The normalized spacial score (nSPS) is 17.1. The van der Waals surface area contributed by atoms with Crippen molar-refractivity contribution in [2.75, 3.05) is 0 Å². The van der Waals surface area contributed by atoms with Crippen LogP contribution in [0.25, 0.3) is 0 Å². The summed E-state index contributed by atoms with van der Waals surface area (Å²) < 4.78 is 0. The Labute approximate surface area is 104 Å². The third kappa shape index (κ3) is 1.83. The molecule has 16 heavy (non-hydrogen) atoms. The average Bonchev–Trinajstić information content (AvgIpc) is 2.97.